The summed E-state index contributed by atoms with van der Waals surface area (Å²) in [4.78, 5) is 32.1. The van der Waals surface area contributed by atoms with Crippen LogP contribution in [0.2, 0.25) is 0 Å². The zero-order chi connectivity index (χ0) is 22.1. The lowest BCUT2D eigenvalue weighted by atomic mass is 10.0. The molecule has 2 rings (SSSR count). The Balaban J connectivity index is 2.42. The zero-order valence-corrected chi connectivity index (χ0v) is 16.4. The molecule has 30 heavy (non-hydrogen) atoms. The summed E-state index contributed by atoms with van der Waals surface area (Å²) in [7, 11) is 0. The number of carbonyl (C=O) groups is 2. The van der Waals surface area contributed by atoms with E-state index in [4.69, 9.17) is 5.11 Å². The number of rotatable bonds is 11. The lowest BCUT2D eigenvalue weighted by Crippen LogP contribution is -2.28. The van der Waals surface area contributed by atoms with Gasteiger partial charge in [-0.05, 0) is 37.5 Å². The molecule has 0 aliphatic rings. The Kier molecular flexibility index (Phi) is 8.34. The number of carbonyl (C=O) groups excluding carboxylic acids is 1. The first-order valence-corrected chi connectivity index (χ1v) is 9.40. The van der Waals surface area contributed by atoms with E-state index in [-0.39, 0.29) is 12.0 Å². The number of amides is 1. The summed E-state index contributed by atoms with van der Waals surface area (Å²) in [6, 6.07) is 4.60. The Bertz CT molecular complexity index is 987. The number of benzene rings is 1. The topological polar surface area (TPSA) is 92.2 Å². The standard InChI is InChI=1S/C22H23F2N3O3/c1-3-7-14(4-2)21-17(8-5-6-9-20(28)29)26-18-12-15(10-11-16(18)27-21)22(30)25-13-19(23)24/h3-4,7,10-12,19H,1-2,5-6,8-9,13H2,(H,25,30)(H,28,29)/b14-7+. The first kappa shape index (κ1) is 22.9. The maximum Gasteiger partial charge on any atom is 0.303 e. The van der Waals surface area contributed by atoms with Gasteiger partial charge in [0.15, 0.2) is 0 Å². The van der Waals surface area contributed by atoms with Crippen LogP contribution < -0.4 is 5.32 Å². The largest absolute Gasteiger partial charge is 0.481 e. The van der Waals surface area contributed by atoms with Crippen LogP contribution in [0.5, 0.6) is 0 Å². The van der Waals surface area contributed by atoms with Gasteiger partial charge in [-0.3, -0.25) is 9.59 Å². The third-order valence-corrected chi connectivity index (χ3v) is 4.26. The van der Waals surface area contributed by atoms with Gasteiger partial charge in [0, 0.05) is 17.6 Å². The van der Waals surface area contributed by atoms with E-state index in [1.54, 1.807) is 24.3 Å². The van der Waals surface area contributed by atoms with Crippen LogP contribution in [0.4, 0.5) is 8.78 Å². The number of carboxylic acid groups (broad SMARTS) is 1. The highest BCUT2D eigenvalue weighted by molar-refractivity contribution is 5.97. The van der Waals surface area contributed by atoms with Crippen molar-refractivity contribution in [3.63, 3.8) is 0 Å². The summed E-state index contributed by atoms with van der Waals surface area (Å²) < 4.78 is 24.7. The zero-order valence-electron chi connectivity index (χ0n) is 16.4. The van der Waals surface area contributed by atoms with E-state index in [1.165, 1.54) is 12.1 Å². The number of halogens is 2. The van der Waals surface area contributed by atoms with Crippen LogP contribution >= 0.6 is 0 Å². The second-order valence-electron chi connectivity index (χ2n) is 6.49. The monoisotopic (exact) mass is 415 g/mol. The molecule has 0 bridgehead atoms. The molecule has 2 aromatic rings. The third kappa shape index (κ3) is 6.30. The van der Waals surface area contributed by atoms with Gasteiger partial charge in [-0.15, -0.1) is 0 Å². The second kappa shape index (κ2) is 10.9. The second-order valence-corrected chi connectivity index (χ2v) is 6.49. The number of aromatic nitrogens is 2. The molecule has 0 saturated carbocycles. The molecule has 1 heterocycles. The van der Waals surface area contributed by atoms with Gasteiger partial charge in [-0.25, -0.2) is 18.7 Å². The van der Waals surface area contributed by atoms with E-state index >= 15 is 0 Å². The molecule has 0 radical (unpaired) electrons. The average Bonchev–Trinajstić information content (AvgIpc) is 2.72. The number of aliphatic carboxylic acids is 1. The number of allylic oxidation sites excluding steroid dienone is 4. The lowest BCUT2D eigenvalue weighted by molar-refractivity contribution is -0.137. The summed E-state index contributed by atoms with van der Waals surface area (Å²) in [5.41, 5.74) is 3.12. The van der Waals surface area contributed by atoms with Gasteiger partial charge in [0.1, 0.15) is 0 Å². The molecule has 1 aromatic heterocycles. The van der Waals surface area contributed by atoms with Crippen molar-refractivity contribution >= 4 is 28.5 Å². The maximum atomic E-state index is 12.3. The molecule has 0 saturated heterocycles. The van der Waals surface area contributed by atoms with E-state index < -0.39 is 24.8 Å². The van der Waals surface area contributed by atoms with E-state index in [9.17, 15) is 18.4 Å². The minimum absolute atomic E-state index is 0.0572. The van der Waals surface area contributed by atoms with Crippen molar-refractivity contribution in [3.8, 4) is 0 Å². The number of aryl methyl sites for hydroxylation is 1. The fraction of sp³-hybridized carbons (Fsp3) is 0.273. The number of hydrogen-bond acceptors (Lipinski definition) is 4. The fourth-order valence-corrected chi connectivity index (χ4v) is 2.85. The van der Waals surface area contributed by atoms with Crippen molar-refractivity contribution in [3.05, 3.63) is 66.5 Å². The minimum atomic E-state index is -2.64. The van der Waals surface area contributed by atoms with Crippen molar-refractivity contribution < 1.29 is 23.5 Å². The van der Waals surface area contributed by atoms with Crippen LogP contribution in [0.1, 0.15) is 41.0 Å². The van der Waals surface area contributed by atoms with E-state index in [1.807, 2.05) is 0 Å². The first-order valence-electron chi connectivity index (χ1n) is 9.40. The number of carboxylic acids is 1. The molecule has 0 unspecified atom stereocenters. The molecule has 2 N–H and O–H groups in total. The molecule has 0 fully saturated rings. The molecule has 6 nitrogen and oxygen atoms in total. The summed E-state index contributed by atoms with van der Waals surface area (Å²) >= 11 is 0. The third-order valence-electron chi connectivity index (χ3n) is 4.26. The summed E-state index contributed by atoms with van der Waals surface area (Å²) in [5, 5.41) is 11.0. The highest BCUT2D eigenvalue weighted by Crippen LogP contribution is 2.23. The van der Waals surface area contributed by atoms with Crippen LogP contribution in [0.3, 0.4) is 0 Å². The first-order chi connectivity index (χ1) is 14.3. The Morgan fingerprint density at radius 2 is 1.93 bits per heavy atom. The molecule has 0 aliphatic heterocycles. The normalized spacial score (nSPS) is 11.5. The molecule has 158 valence electrons. The predicted octanol–water partition coefficient (Wildman–Crippen LogP) is 4.18. The number of nitrogens with zero attached hydrogens (tertiary/aromatic N) is 2. The van der Waals surface area contributed by atoms with Gasteiger partial charge in [0.2, 0.25) is 0 Å². The Morgan fingerprint density at radius 1 is 1.17 bits per heavy atom. The summed E-state index contributed by atoms with van der Waals surface area (Å²) in [6.07, 6.45) is 3.96. The van der Waals surface area contributed by atoms with Crippen LogP contribution in [-0.2, 0) is 11.2 Å². The van der Waals surface area contributed by atoms with Crippen LogP contribution in [-0.4, -0.2) is 39.9 Å². The molecular formula is C22H23F2N3O3. The Morgan fingerprint density at radius 3 is 2.57 bits per heavy atom. The van der Waals surface area contributed by atoms with Crippen LogP contribution in [0, 0.1) is 0 Å². The molecule has 0 spiro atoms. The van der Waals surface area contributed by atoms with E-state index in [2.05, 4.69) is 28.4 Å². The van der Waals surface area contributed by atoms with Crippen molar-refractivity contribution in [2.45, 2.75) is 32.1 Å². The van der Waals surface area contributed by atoms with Gasteiger partial charge in [0.05, 0.1) is 29.0 Å². The molecule has 0 aliphatic carbocycles. The molecule has 0 atom stereocenters. The number of nitrogens with one attached hydrogen (secondary N) is 1. The van der Waals surface area contributed by atoms with Crippen LogP contribution in [0.15, 0.2) is 49.6 Å². The number of alkyl halides is 2. The maximum absolute atomic E-state index is 12.3. The predicted molar refractivity (Wildman–Crippen MR) is 111 cm³/mol. The number of unbranched alkanes of at least 4 members (excludes halogenated alkanes) is 1. The smallest absolute Gasteiger partial charge is 0.303 e. The summed E-state index contributed by atoms with van der Waals surface area (Å²) in [5.74, 6) is -1.48. The van der Waals surface area contributed by atoms with E-state index in [0.717, 1.165) is 0 Å². The highest BCUT2D eigenvalue weighted by Gasteiger charge is 2.14. The SMILES string of the molecule is C=C/C=C(\C=C)c1nc2ccc(C(=O)NCC(F)F)cc2nc1CCCCC(=O)O. The van der Waals surface area contributed by atoms with Crippen molar-refractivity contribution in [1.29, 1.82) is 0 Å². The van der Waals surface area contributed by atoms with Gasteiger partial charge >= 0.3 is 5.97 Å². The number of fused-ring (bicyclic) bond motifs is 1. The van der Waals surface area contributed by atoms with Crippen molar-refractivity contribution in [2.75, 3.05) is 6.54 Å². The average molecular weight is 415 g/mol. The Labute approximate surface area is 173 Å². The molecule has 1 aromatic carbocycles. The highest BCUT2D eigenvalue weighted by atomic mass is 19.3. The molecular weight excluding hydrogens is 392 g/mol. The van der Waals surface area contributed by atoms with Gasteiger partial charge in [-0.1, -0.05) is 31.4 Å². The summed E-state index contributed by atoms with van der Waals surface area (Å²) in [6.45, 7) is 6.75. The van der Waals surface area contributed by atoms with Gasteiger partial charge in [0.25, 0.3) is 12.3 Å². The van der Waals surface area contributed by atoms with Crippen molar-refractivity contribution in [2.24, 2.45) is 0 Å². The van der Waals surface area contributed by atoms with E-state index in [0.29, 0.717) is 47.3 Å². The molecule has 1 amide bonds. The fourth-order valence-electron chi connectivity index (χ4n) is 2.85. The minimum Gasteiger partial charge on any atom is -0.481 e. The lowest BCUT2D eigenvalue weighted by Gasteiger charge is -2.11. The van der Waals surface area contributed by atoms with Gasteiger partial charge in [-0.2, -0.15) is 0 Å². The van der Waals surface area contributed by atoms with Crippen LogP contribution in [0.25, 0.3) is 16.6 Å². The molecule has 8 heteroatoms. The Hall–Kier alpha value is -3.42. The quantitative estimate of drug-likeness (QED) is 0.424. The van der Waals surface area contributed by atoms with Crippen molar-refractivity contribution in [1.82, 2.24) is 15.3 Å². The number of hydrogen-bond donors (Lipinski definition) is 2. The van der Waals surface area contributed by atoms with Gasteiger partial charge < -0.3 is 10.4 Å².